The Morgan fingerprint density at radius 1 is 0.640 bits per heavy atom. The largest absolute Gasteiger partial charge is 0.490 e. The predicted octanol–water partition coefficient (Wildman–Crippen LogP) is 9.13. The molecule has 266 valence electrons. The summed E-state index contributed by atoms with van der Waals surface area (Å²) in [6.45, 7) is 16.7. The summed E-state index contributed by atoms with van der Waals surface area (Å²) in [5.74, 6) is 1.33. The van der Waals surface area contributed by atoms with Gasteiger partial charge in [0.1, 0.15) is 42.5 Å². The Hall–Kier alpha value is -3.76. The van der Waals surface area contributed by atoms with Crippen LogP contribution in [-0.2, 0) is 43.2 Å². The van der Waals surface area contributed by atoms with Gasteiger partial charge in [-0.3, -0.25) is 0 Å². The molecule has 0 N–H and O–H groups in total. The normalized spacial score (nSPS) is 21.0. The first-order valence-corrected chi connectivity index (χ1v) is 20.3. The summed E-state index contributed by atoms with van der Waals surface area (Å²) in [5, 5.41) is 0.0118. The Morgan fingerprint density at radius 3 is 1.58 bits per heavy atom. The molecular weight excluding hydrogens is 645 g/mol. The minimum Gasteiger partial charge on any atom is -0.490 e. The first-order chi connectivity index (χ1) is 24.1. The maximum atomic E-state index is 6.88. The molecule has 8 heteroatoms. The van der Waals surface area contributed by atoms with Crippen molar-refractivity contribution in [2.45, 2.75) is 89.4 Å². The lowest BCUT2D eigenvalue weighted by atomic mass is 9.97. The molecule has 0 bridgehead atoms. The van der Waals surface area contributed by atoms with E-state index in [1.54, 1.807) is 6.08 Å². The van der Waals surface area contributed by atoms with Crippen LogP contribution >= 0.6 is 0 Å². The van der Waals surface area contributed by atoms with Crippen LogP contribution < -0.4 is 9.47 Å². The van der Waals surface area contributed by atoms with Gasteiger partial charge in [0.2, 0.25) is 6.29 Å². The minimum absolute atomic E-state index is 0.0118. The fourth-order valence-corrected chi connectivity index (χ4v) is 6.40. The van der Waals surface area contributed by atoms with E-state index < -0.39 is 39.0 Å². The highest BCUT2D eigenvalue weighted by Crippen LogP contribution is 2.38. The van der Waals surface area contributed by atoms with E-state index in [2.05, 4.69) is 64.7 Å². The lowest BCUT2D eigenvalue weighted by Gasteiger charge is -2.47. The van der Waals surface area contributed by atoms with Crippen LogP contribution in [0.1, 0.15) is 37.5 Å². The minimum atomic E-state index is -2.16. The summed E-state index contributed by atoms with van der Waals surface area (Å²) < 4.78 is 46.4. The molecule has 7 nitrogen and oxygen atoms in total. The van der Waals surface area contributed by atoms with Gasteiger partial charge in [-0.2, -0.15) is 0 Å². The van der Waals surface area contributed by atoms with Crippen molar-refractivity contribution in [3.8, 4) is 11.5 Å². The van der Waals surface area contributed by atoms with Crippen LogP contribution in [0.2, 0.25) is 18.1 Å². The first kappa shape index (κ1) is 37.5. The number of hydrogen-bond donors (Lipinski definition) is 0. The van der Waals surface area contributed by atoms with Crippen molar-refractivity contribution in [2.24, 2.45) is 0 Å². The van der Waals surface area contributed by atoms with Crippen molar-refractivity contribution < 1.29 is 32.8 Å². The molecule has 1 fully saturated rings. The highest BCUT2D eigenvalue weighted by Gasteiger charge is 2.50. The number of hydrogen-bond acceptors (Lipinski definition) is 7. The zero-order valence-electron chi connectivity index (χ0n) is 30.0. The second-order valence-electron chi connectivity index (χ2n) is 14.1. The van der Waals surface area contributed by atoms with Gasteiger partial charge in [-0.15, -0.1) is 0 Å². The highest BCUT2D eigenvalue weighted by molar-refractivity contribution is 6.74. The summed E-state index contributed by atoms with van der Waals surface area (Å²) >= 11 is 0. The third-order valence-corrected chi connectivity index (χ3v) is 13.8. The molecule has 4 aromatic rings. The summed E-state index contributed by atoms with van der Waals surface area (Å²) in [6, 6.07) is 37.9. The molecule has 0 spiro atoms. The van der Waals surface area contributed by atoms with Crippen LogP contribution in [0.25, 0.3) is 0 Å². The van der Waals surface area contributed by atoms with E-state index in [0.717, 1.165) is 22.4 Å². The third-order valence-electron chi connectivity index (χ3n) is 9.31. The SMILES string of the molecule is C=CCOc1ccc(O[C@@H]2O[C@H](CO[Si](C)(C)C(C)(C)C)[C@@H](OCc3ccccc3)[C@H](OCc3ccccc3)[C@H]2OCc2ccccc2)cc1. The molecular formula is C42H52O7Si. The fourth-order valence-electron chi connectivity index (χ4n) is 5.39. The Morgan fingerprint density at radius 2 is 1.10 bits per heavy atom. The standard InChI is InChI=1S/C42H52O7Si/c1-7-27-43-35-23-25-36(26-24-35)48-41-40(46-30-34-21-15-10-16-22-34)39(45-29-33-19-13-9-14-20-33)38(44-28-32-17-11-8-12-18-32)37(49-41)31-47-50(5,6)42(2,3)4/h7-26,37-41H,1,27-31H2,2-6H3/t37-,38-,39+,40-,41-/m1/s1. The molecule has 0 unspecified atom stereocenters. The van der Waals surface area contributed by atoms with E-state index in [9.17, 15) is 0 Å². The Labute approximate surface area is 299 Å². The summed E-state index contributed by atoms with van der Waals surface area (Å²) in [5.41, 5.74) is 3.13. The van der Waals surface area contributed by atoms with E-state index in [0.29, 0.717) is 38.8 Å². The summed E-state index contributed by atoms with van der Waals surface area (Å²) in [6.07, 6.45) is -1.37. The van der Waals surface area contributed by atoms with E-state index in [1.165, 1.54) is 0 Å². The maximum Gasteiger partial charge on any atom is 0.229 e. The molecule has 50 heavy (non-hydrogen) atoms. The molecule has 4 aromatic carbocycles. The molecule has 1 heterocycles. The molecule has 0 amide bonds. The summed E-state index contributed by atoms with van der Waals surface area (Å²) in [7, 11) is -2.16. The zero-order chi connectivity index (χ0) is 35.4. The topological polar surface area (TPSA) is 64.6 Å². The van der Waals surface area contributed by atoms with Gasteiger partial charge in [0.15, 0.2) is 8.32 Å². The Kier molecular flexibility index (Phi) is 13.5. The van der Waals surface area contributed by atoms with Crippen molar-refractivity contribution in [3.05, 3.63) is 145 Å². The number of benzene rings is 4. The van der Waals surface area contributed by atoms with E-state index in [1.807, 2.05) is 91.0 Å². The molecule has 1 saturated heterocycles. The third kappa shape index (κ3) is 10.6. The van der Waals surface area contributed by atoms with Crippen molar-refractivity contribution in [1.29, 1.82) is 0 Å². The van der Waals surface area contributed by atoms with Crippen LogP contribution in [0.5, 0.6) is 11.5 Å². The molecule has 0 aromatic heterocycles. The van der Waals surface area contributed by atoms with Crippen molar-refractivity contribution in [2.75, 3.05) is 13.2 Å². The Balaban J connectivity index is 1.50. The van der Waals surface area contributed by atoms with Crippen LogP contribution in [0, 0.1) is 0 Å². The molecule has 0 saturated carbocycles. The van der Waals surface area contributed by atoms with E-state index >= 15 is 0 Å². The molecule has 0 aliphatic carbocycles. The van der Waals surface area contributed by atoms with Crippen molar-refractivity contribution in [3.63, 3.8) is 0 Å². The predicted molar refractivity (Wildman–Crippen MR) is 200 cm³/mol. The highest BCUT2D eigenvalue weighted by atomic mass is 28.4. The second kappa shape index (κ2) is 17.9. The van der Waals surface area contributed by atoms with Crippen molar-refractivity contribution in [1.82, 2.24) is 0 Å². The number of ether oxygens (including phenoxy) is 6. The second-order valence-corrected chi connectivity index (χ2v) is 18.9. The molecule has 0 radical (unpaired) electrons. The monoisotopic (exact) mass is 696 g/mol. The van der Waals surface area contributed by atoms with Crippen LogP contribution in [0.4, 0.5) is 0 Å². The lowest BCUT2D eigenvalue weighted by molar-refractivity contribution is -0.307. The average Bonchev–Trinajstić information content (AvgIpc) is 3.12. The molecule has 1 aliphatic rings. The van der Waals surface area contributed by atoms with Crippen LogP contribution in [-0.4, -0.2) is 52.2 Å². The molecule has 5 rings (SSSR count). The quantitative estimate of drug-likeness (QED) is 0.0806. The number of rotatable bonds is 17. The van der Waals surface area contributed by atoms with Gasteiger partial charge in [0, 0.05) is 0 Å². The van der Waals surface area contributed by atoms with Gasteiger partial charge in [0.25, 0.3) is 0 Å². The molecule has 5 atom stereocenters. The van der Waals surface area contributed by atoms with E-state index in [-0.39, 0.29) is 5.04 Å². The fraction of sp³-hybridized carbons (Fsp3) is 0.381. The smallest absolute Gasteiger partial charge is 0.229 e. The van der Waals surface area contributed by atoms with Gasteiger partial charge >= 0.3 is 0 Å². The van der Waals surface area contributed by atoms with Gasteiger partial charge in [-0.25, -0.2) is 0 Å². The van der Waals surface area contributed by atoms with Gasteiger partial charge in [-0.05, 0) is 59.1 Å². The zero-order valence-corrected chi connectivity index (χ0v) is 31.0. The van der Waals surface area contributed by atoms with Gasteiger partial charge in [-0.1, -0.05) is 124 Å². The average molecular weight is 697 g/mol. The van der Waals surface area contributed by atoms with Crippen LogP contribution in [0.3, 0.4) is 0 Å². The van der Waals surface area contributed by atoms with Crippen molar-refractivity contribution >= 4 is 8.32 Å². The summed E-state index contributed by atoms with van der Waals surface area (Å²) in [4.78, 5) is 0. The molecule has 1 aliphatic heterocycles. The lowest BCUT2D eigenvalue weighted by Crippen LogP contribution is -2.63. The van der Waals surface area contributed by atoms with E-state index in [4.69, 9.17) is 32.8 Å². The van der Waals surface area contributed by atoms with Crippen LogP contribution in [0.15, 0.2) is 128 Å². The van der Waals surface area contributed by atoms with Gasteiger partial charge < -0.3 is 32.8 Å². The first-order valence-electron chi connectivity index (χ1n) is 17.4. The van der Waals surface area contributed by atoms with Gasteiger partial charge in [0.05, 0.1) is 26.4 Å². The maximum absolute atomic E-state index is 6.88. The Bertz CT molecular complexity index is 1560.